The van der Waals surface area contributed by atoms with Crippen molar-refractivity contribution in [3.63, 3.8) is 0 Å². The molecule has 2 saturated heterocycles. The van der Waals surface area contributed by atoms with E-state index in [1.165, 1.54) is 11.4 Å². The third kappa shape index (κ3) is 5.75. The highest BCUT2D eigenvalue weighted by atomic mass is 16.2. The molecule has 0 bridgehead atoms. The van der Waals surface area contributed by atoms with Crippen LogP contribution in [0.15, 0.2) is 24.3 Å². The Morgan fingerprint density at radius 2 is 1.39 bits per heavy atom. The Hall–Kier alpha value is -1.99. The Balaban J connectivity index is 1.42. The molecule has 2 aliphatic heterocycles. The molecule has 0 atom stereocenters. The average Bonchev–Trinajstić information content (AvgIpc) is 2.72. The van der Waals surface area contributed by atoms with Crippen molar-refractivity contribution < 1.29 is 4.79 Å². The lowest BCUT2D eigenvalue weighted by Gasteiger charge is -2.37. The van der Waals surface area contributed by atoms with Gasteiger partial charge in [0.15, 0.2) is 0 Å². The van der Waals surface area contributed by atoms with Crippen molar-refractivity contribution in [3.8, 4) is 0 Å². The summed E-state index contributed by atoms with van der Waals surface area (Å²) in [5.74, 6) is 0. The van der Waals surface area contributed by atoms with Crippen LogP contribution in [0.1, 0.15) is 6.42 Å². The first-order valence-corrected chi connectivity index (χ1v) is 10.5. The van der Waals surface area contributed by atoms with Gasteiger partial charge >= 0.3 is 6.03 Å². The molecule has 2 heterocycles. The van der Waals surface area contributed by atoms with Crippen molar-refractivity contribution >= 4 is 17.4 Å². The largest absolute Gasteiger partial charge is 0.369 e. The van der Waals surface area contributed by atoms with Crippen molar-refractivity contribution in [2.45, 2.75) is 6.42 Å². The Labute approximate surface area is 169 Å². The highest BCUT2D eigenvalue weighted by Crippen LogP contribution is 2.22. The zero-order chi connectivity index (χ0) is 19.9. The maximum Gasteiger partial charge on any atom is 0.317 e. The molecule has 7 heteroatoms. The van der Waals surface area contributed by atoms with Crippen LogP contribution in [0.2, 0.25) is 0 Å². The SMILES string of the molecule is CN(C)CCCNC(=O)N1CCN(c2ccc(N3CCN(C)CC3)cc2)CC1. The second-order valence-electron chi connectivity index (χ2n) is 8.17. The lowest BCUT2D eigenvalue weighted by Crippen LogP contribution is -2.52. The van der Waals surface area contributed by atoms with Crippen molar-refractivity contribution in [2.24, 2.45) is 0 Å². The van der Waals surface area contributed by atoms with Crippen LogP contribution in [0.4, 0.5) is 16.2 Å². The summed E-state index contributed by atoms with van der Waals surface area (Å²) in [5, 5.41) is 3.04. The van der Waals surface area contributed by atoms with Crippen LogP contribution in [0.3, 0.4) is 0 Å². The summed E-state index contributed by atoms with van der Waals surface area (Å²) < 4.78 is 0. The molecule has 7 nitrogen and oxygen atoms in total. The van der Waals surface area contributed by atoms with Crippen LogP contribution in [0.5, 0.6) is 0 Å². The molecule has 3 rings (SSSR count). The number of anilines is 2. The minimum Gasteiger partial charge on any atom is -0.369 e. The van der Waals surface area contributed by atoms with Gasteiger partial charge in [-0.05, 0) is 58.4 Å². The molecule has 1 aromatic carbocycles. The molecule has 2 fully saturated rings. The minimum atomic E-state index is 0.0730. The number of hydrogen-bond donors (Lipinski definition) is 1. The van der Waals surface area contributed by atoms with Gasteiger partial charge in [-0.25, -0.2) is 4.79 Å². The van der Waals surface area contributed by atoms with E-state index >= 15 is 0 Å². The van der Waals surface area contributed by atoms with Crippen LogP contribution >= 0.6 is 0 Å². The highest BCUT2D eigenvalue weighted by molar-refractivity contribution is 5.74. The predicted octanol–water partition coefficient (Wildman–Crippen LogP) is 1.22. The number of likely N-dealkylation sites (N-methyl/N-ethyl adjacent to an activating group) is 1. The Morgan fingerprint density at radius 1 is 0.893 bits per heavy atom. The molecule has 28 heavy (non-hydrogen) atoms. The summed E-state index contributed by atoms with van der Waals surface area (Å²) in [6.45, 7) is 9.51. The van der Waals surface area contributed by atoms with Crippen LogP contribution in [0, 0.1) is 0 Å². The third-order valence-corrected chi connectivity index (χ3v) is 5.71. The van der Waals surface area contributed by atoms with Gasteiger partial charge in [0.05, 0.1) is 0 Å². The Kier molecular flexibility index (Phi) is 7.39. The third-order valence-electron chi connectivity index (χ3n) is 5.71. The van der Waals surface area contributed by atoms with Crippen LogP contribution < -0.4 is 15.1 Å². The molecule has 0 aliphatic carbocycles. The normalized spacial score (nSPS) is 18.6. The first-order valence-electron chi connectivity index (χ1n) is 10.5. The van der Waals surface area contributed by atoms with Crippen molar-refractivity contribution in [3.05, 3.63) is 24.3 Å². The Bertz CT molecular complexity index is 604. The number of piperazine rings is 2. The summed E-state index contributed by atoms with van der Waals surface area (Å²) in [5.41, 5.74) is 2.57. The number of nitrogens with zero attached hydrogens (tertiary/aromatic N) is 5. The molecule has 0 unspecified atom stereocenters. The van der Waals surface area contributed by atoms with Gasteiger partial charge in [-0.15, -0.1) is 0 Å². The maximum absolute atomic E-state index is 12.3. The average molecular weight is 389 g/mol. The molecule has 1 N–H and O–H groups in total. The van der Waals surface area contributed by atoms with E-state index in [2.05, 4.69) is 70.3 Å². The molecular weight excluding hydrogens is 352 g/mol. The number of amides is 2. The topological polar surface area (TPSA) is 45.3 Å². The van der Waals surface area contributed by atoms with E-state index in [4.69, 9.17) is 0 Å². The fraction of sp³-hybridized carbons (Fsp3) is 0.667. The zero-order valence-corrected chi connectivity index (χ0v) is 17.7. The Morgan fingerprint density at radius 3 is 1.89 bits per heavy atom. The molecule has 0 saturated carbocycles. The first-order chi connectivity index (χ1) is 13.5. The number of benzene rings is 1. The molecule has 2 amide bonds. The van der Waals surface area contributed by atoms with E-state index in [-0.39, 0.29) is 6.03 Å². The second-order valence-corrected chi connectivity index (χ2v) is 8.17. The number of urea groups is 1. The van der Waals surface area contributed by atoms with E-state index in [1.54, 1.807) is 0 Å². The van der Waals surface area contributed by atoms with Gasteiger partial charge in [-0.2, -0.15) is 0 Å². The van der Waals surface area contributed by atoms with E-state index in [9.17, 15) is 4.79 Å². The monoisotopic (exact) mass is 388 g/mol. The lowest BCUT2D eigenvalue weighted by molar-refractivity contribution is 0.194. The molecule has 2 aliphatic rings. The fourth-order valence-corrected chi connectivity index (χ4v) is 3.81. The smallest absolute Gasteiger partial charge is 0.317 e. The number of nitrogens with one attached hydrogen (secondary N) is 1. The van der Waals surface area contributed by atoms with Gasteiger partial charge in [0.1, 0.15) is 0 Å². The van der Waals surface area contributed by atoms with E-state index in [0.29, 0.717) is 0 Å². The van der Waals surface area contributed by atoms with E-state index in [1.807, 2.05) is 4.90 Å². The van der Waals surface area contributed by atoms with Crippen LogP contribution in [-0.4, -0.2) is 107 Å². The van der Waals surface area contributed by atoms with Gasteiger partial charge in [-0.3, -0.25) is 0 Å². The van der Waals surface area contributed by atoms with Gasteiger partial charge < -0.3 is 29.8 Å². The second kappa shape index (κ2) is 9.98. The summed E-state index contributed by atoms with van der Waals surface area (Å²) in [6.07, 6.45) is 0.984. The fourth-order valence-electron chi connectivity index (χ4n) is 3.81. The molecule has 1 aromatic rings. The summed E-state index contributed by atoms with van der Waals surface area (Å²) in [4.78, 5) is 23.6. The quantitative estimate of drug-likeness (QED) is 0.743. The summed E-state index contributed by atoms with van der Waals surface area (Å²) in [6, 6.07) is 9.01. The number of hydrogen-bond acceptors (Lipinski definition) is 5. The predicted molar refractivity (Wildman–Crippen MR) is 117 cm³/mol. The number of carbonyl (C=O) groups excluding carboxylic acids is 1. The standard InChI is InChI=1S/C21H36N6O/c1-23(2)10-4-9-22-21(28)27-17-15-26(16-18-27)20-7-5-19(6-8-20)25-13-11-24(3)12-14-25/h5-8H,4,9-18H2,1-3H3,(H,22,28). The number of carbonyl (C=O) groups is 1. The lowest BCUT2D eigenvalue weighted by atomic mass is 10.2. The molecule has 0 radical (unpaired) electrons. The molecular formula is C21H36N6O. The van der Waals surface area contributed by atoms with Crippen LogP contribution in [0.25, 0.3) is 0 Å². The van der Waals surface area contributed by atoms with E-state index in [0.717, 1.165) is 71.9 Å². The van der Waals surface area contributed by atoms with E-state index < -0.39 is 0 Å². The van der Waals surface area contributed by atoms with Crippen molar-refractivity contribution in [1.82, 2.24) is 20.0 Å². The van der Waals surface area contributed by atoms with Gasteiger partial charge in [0.25, 0.3) is 0 Å². The summed E-state index contributed by atoms with van der Waals surface area (Å²) >= 11 is 0. The molecule has 0 aromatic heterocycles. The molecule has 156 valence electrons. The number of rotatable bonds is 6. The summed E-state index contributed by atoms with van der Waals surface area (Å²) in [7, 11) is 6.29. The highest BCUT2D eigenvalue weighted by Gasteiger charge is 2.21. The molecule has 0 spiro atoms. The minimum absolute atomic E-state index is 0.0730. The van der Waals surface area contributed by atoms with Gasteiger partial charge in [0, 0.05) is 70.3 Å². The zero-order valence-electron chi connectivity index (χ0n) is 17.7. The van der Waals surface area contributed by atoms with Gasteiger partial charge in [0.2, 0.25) is 0 Å². The first kappa shape index (κ1) is 20.7. The van der Waals surface area contributed by atoms with Crippen molar-refractivity contribution in [2.75, 3.05) is 96.4 Å². The van der Waals surface area contributed by atoms with Gasteiger partial charge in [-0.1, -0.05) is 0 Å². The van der Waals surface area contributed by atoms with Crippen molar-refractivity contribution in [1.29, 1.82) is 0 Å². The maximum atomic E-state index is 12.3. The van der Waals surface area contributed by atoms with Crippen LogP contribution in [-0.2, 0) is 0 Å².